The molecule has 4 rings (SSSR count). The fraction of sp³-hybridized carbons (Fsp3) is 0.421. The average Bonchev–Trinajstić information content (AvgIpc) is 3.07. The lowest BCUT2D eigenvalue weighted by Crippen LogP contribution is -2.73. The molecule has 13 nitrogen and oxygen atoms in total. The molecule has 33 heavy (non-hydrogen) atoms. The molecular weight excluding hydrogens is 464 g/mol. The van der Waals surface area contributed by atoms with Crippen LogP contribution in [-0.4, -0.2) is 99.8 Å². The standard InChI is InChI=1S/C19H19ClN4O9/c1-23-12(26)5-24-14(27)10(21-16(29)18(23,24)7-20)6-32-15(28)9-3-2-4-11-13(9)22-17(30)19(31,8-25)33-11/h2-4,10,25,31H,5-8H2,1H3,(H,21,29)(H,22,30)/t10-,18+,19?/m0/s1. The van der Waals surface area contributed by atoms with Crippen LogP contribution >= 0.6 is 11.6 Å². The molecule has 0 aliphatic carbocycles. The number of likely N-dealkylation sites (N-methyl/N-ethyl adjacent to an activating group) is 1. The van der Waals surface area contributed by atoms with Crippen molar-refractivity contribution >= 4 is 46.9 Å². The Morgan fingerprint density at radius 2 is 2.03 bits per heavy atom. The number of rotatable bonds is 5. The number of piperazine rings is 1. The van der Waals surface area contributed by atoms with Crippen molar-refractivity contribution < 1.29 is 43.7 Å². The maximum Gasteiger partial charge on any atom is 0.340 e. The molecule has 1 aromatic carbocycles. The summed E-state index contributed by atoms with van der Waals surface area (Å²) in [7, 11) is 1.37. The highest BCUT2D eigenvalue weighted by atomic mass is 35.5. The van der Waals surface area contributed by atoms with Gasteiger partial charge in [0.2, 0.25) is 11.6 Å². The summed E-state index contributed by atoms with van der Waals surface area (Å²) in [5.41, 5.74) is -1.90. The van der Waals surface area contributed by atoms with E-state index in [1.165, 1.54) is 25.2 Å². The van der Waals surface area contributed by atoms with Crippen molar-refractivity contribution in [2.45, 2.75) is 17.5 Å². The van der Waals surface area contributed by atoms with E-state index in [0.717, 1.165) is 9.80 Å². The van der Waals surface area contributed by atoms with E-state index in [2.05, 4.69) is 10.6 Å². The van der Waals surface area contributed by atoms with Crippen LogP contribution in [0.3, 0.4) is 0 Å². The second-order valence-electron chi connectivity index (χ2n) is 7.63. The molecule has 1 aromatic rings. The first-order chi connectivity index (χ1) is 15.6. The van der Waals surface area contributed by atoms with E-state index in [9.17, 15) is 34.2 Å². The molecule has 0 bridgehead atoms. The lowest BCUT2D eigenvalue weighted by molar-refractivity contribution is -0.183. The quantitative estimate of drug-likeness (QED) is 0.263. The normalized spacial score (nSPS) is 28.5. The third-order valence-electron chi connectivity index (χ3n) is 5.80. The molecular formula is C19H19ClN4O9. The number of fused-ring (bicyclic) bond motifs is 2. The first-order valence-electron chi connectivity index (χ1n) is 9.68. The van der Waals surface area contributed by atoms with E-state index in [1.807, 2.05) is 0 Å². The Morgan fingerprint density at radius 1 is 1.30 bits per heavy atom. The molecule has 0 saturated carbocycles. The Bertz CT molecular complexity index is 1080. The molecule has 3 heterocycles. The highest BCUT2D eigenvalue weighted by molar-refractivity contribution is 6.22. The van der Waals surface area contributed by atoms with Crippen LogP contribution < -0.4 is 15.4 Å². The number of alkyl halides is 1. The number of hydrogen-bond acceptors (Lipinski definition) is 9. The highest BCUT2D eigenvalue weighted by Crippen LogP contribution is 2.36. The summed E-state index contributed by atoms with van der Waals surface area (Å²) in [6.45, 7) is -1.92. The van der Waals surface area contributed by atoms with Crippen molar-refractivity contribution in [3.8, 4) is 5.75 Å². The number of aliphatic hydroxyl groups excluding tert-OH is 1. The second kappa shape index (κ2) is 7.86. The number of aliphatic hydroxyl groups is 2. The fourth-order valence-corrected chi connectivity index (χ4v) is 4.29. The summed E-state index contributed by atoms with van der Waals surface area (Å²) in [4.78, 5) is 64.6. The van der Waals surface area contributed by atoms with E-state index >= 15 is 0 Å². The number of nitrogens with zero attached hydrogens (tertiary/aromatic N) is 2. The van der Waals surface area contributed by atoms with Crippen LogP contribution in [-0.2, 0) is 23.9 Å². The van der Waals surface area contributed by atoms with Crippen molar-refractivity contribution in [1.82, 2.24) is 15.1 Å². The number of nitrogens with one attached hydrogen (secondary N) is 2. The summed E-state index contributed by atoms with van der Waals surface area (Å²) < 4.78 is 10.3. The highest BCUT2D eigenvalue weighted by Gasteiger charge is 2.61. The van der Waals surface area contributed by atoms with Gasteiger partial charge in [-0.2, -0.15) is 0 Å². The molecule has 3 aliphatic heterocycles. The number of amides is 4. The molecule has 176 valence electrons. The Kier molecular flexibility index (Phi) is 5.42. The predicted octanol–water partition coefficient (Wildman–Crippen LogP) is -2.41. The van der Waals surface area contributed by atoms with Gasteiger partial charge in [-0.3, -0.25) is 24.1 Å². The molecule has 3 atom stereocenters. The van der Waals surface area contributed by atoms with Crippen molar-refractivity contribution in [3.05, 3.63) is 23.8 Å². The van der Waals surface area contributed by atoms with Gasteiger partial charge in [0.05, 0.1) is 17.1 Å². The summed E-state index contributed by atoms with van der Waals surface area (Å²) in [5.74, 6) is -6.80. The Hall–Kier alpha value is -3.42. The van der Waals surface area contributed by atoms with Gasteiger partial charge in [-0.25, -0.2) is 4.79 Å². The number of para-hydroxylation sites is 1. The van der Waals surface area contributed by atoms with Crippen LogP contribution in [0.25, 0.3) is 0 Å². The molecule has 2 fully saturated rings. The fourth-order valence-electron chi connectivity index (χ4n) is 3.85. The Morgan fingerprint density at radius 3 is 2.70 bits per heavy atom. The molecule has 0 aromatic heterocycles. The summed E-state index contributed by atoms with van der Waals surface area (Å²) in [6, 6.07) is 2.78. The minimum absolute atomic E-state index is 0.0897. The summed E-state index contributed by atoms with van der Waals surface area (Å²) in [5, 5.41) is 23.9. The SMILES string of the molecule is CN1C(=O)CN2C(=O)[C@H](COC(=O)c3cccc4c3NC(=O)C(O)(CO)O4)NC(=O)[C@]12CCl. The van der Waals surface area contributed by atoms with Crippen LogP contribution in [0.15, 0.2) is 18.2 Å². The number of halogens is 1. The van der Waals surface area contributed by atoms with Gasteiger partial charge in [-0.15, -0.1) is 11.6 Å². The second-order valence-corrected chi connectivity index (χ2v) is 7.90. The number of anilines is 1. The van der Waals surface area contributed by atoms with Gasteiger partial charge in [0, 0.05) is 7.05 Å². The molecule has 14 heteroatoms. The smallest absolute Gasteiger partial charge is 0.340 e. The lowest BCUT2D eigenvalue weighted by atomic mass is 10.0. The number of hydrogen-bond donors (Lipinski definition) is 4. The van der Waals surface area contributed by atoms with Crippen LogP contribution in [0.4, 0.5) is 5.69 Å². The van der Waals surface area contributed by atoms with Gasteiger partial charge in [-0.05, 0) is 12.1 Å². The largest absolute Gasteiger partial charge is 0.459 e. The molecule has 4 amide bonds. The van der Waals surface area contributed by atoms with Crippen LogP contribution in [0.1, 0.15) is 10.4 Å². The molecule has 1 unspecified atom stereocenters. The third kappa shape index (κ3) is 3.27. The Balaban J connectivity index is 1.51. The maximum atomic E-state index is 12.9. The summed E-state index contributed by atoms with van der Waals surface area (Å²) >= 11 is 5.94. The van der Waals surface area contributed by atoms with Crippen molar-refractivity contribution in [2.24, 2.45) is 0 Å². The van der Waals surface area contributed by atoms with Crippen LogP contribution in [0.5, 0.6) is 5.75 Å². The number of esters is 1. The topological polar surface area (TPSA) is 175 Å². The lowest BCUT2D eigenvalue weighted by Gasteiger charge is -2.44. The Labute approximate surface area is 191 Å². The van der Waals surface area contributed by atoms with Crippen molar-refractivity contribution in [3.63, 3.8) is 0 Å². The monoisotopic (exact) mass is 482 g/mol. The first-order valence-corrected chi connectivity index (χ1v) is 10.2. The summed E-state index contributed by atoms with van der Waals surface area (Å²) in [6.07, 6.45) is 0. The number of ether oxygens (including phenoxy) is 2. The molecule has 2 saturated heterocycles. The molecule has 3 aliphatic rings. The third-order valence-corrected chi connectivity index (χ3v) is 6.17. The maximum absolute atomic E-state index is 12.9. The van der Waals surface area contributed by atoms with Gasteiger partial charge in [0.25, 0.3) is 17.7 Å². The predicted molar refractivity (Wildman–Crippen MR) is 108 cm³/mol. The van der Waals surface area contributed by atoms with Crippen LogP contribution in [0.2, 0.25) is 0 Å². The molecule has 0 radical (unpaired) electrons. The van der Waals surface area contributed by atoms with Crippen molar-refractivity contribution in [2.75, 3.05) is 38.0 Å². The zero-order valence-corrected chi connectivity index (χ0v) is 17.9. The van der Waals surface area contributed by atoms with E-state index in [0.29, 0.717) is 0 Å². The molecule has 0 spiro atoms. The van der Waals surface area contributed by atoms with E-state index in [4.69, 9.17) is 21.1 Å². The zero-order chi connectivity index (χ0) is 24.1. The number of carbonyl (C=O) groups is 5. The van der Waals surface area contributed by atoms with E-state index in [1.54, 1.807) is 0 Å². The van der Waals surface area contributed by atoms with Crippen molar-refractivity contribution in [1.29, 1.82) is 0 Å². The van der Waals surface area contributed by atoms with E-state index in [-0.39, 0.29) is 29.4 Å². The van der Waals surface area contributed by atoms with Crippen LogP contribution in [0, 0.1) is 0 Å². The average molecular weight is 483 g/mol. The van der Waals surface area contributed by atoms with Gasteiger partial charge in [0.1, 0.15) is 31.5 Å². The zero-order valence-electron chi connectivity index (χ0n) is 17.2. The first kappa shape index (κ1) is 22.8. The van der Waals surface area contributed by atoms with Gasteiger partial charge in [0.15, 0.2) is 0 Å². The van der Waals surface area contributed by atoms with E-state index < -0.39 is 60.3 Å². The molecule has 4 N–H and O–H groups in total. The number of carbonyl (C=O) groups excluding carboxylic acids is 5. The number of benzene rings is 1. The van der Waals surface area contributed by atoms with Gasteiger partial charge < -0.3 is 35.2 Å². The minimum Gasteiger partial charge on any atom is -0.459 e. The minimum atomic E-state index is -2.51. The van der Waals surface area contributed by atoms with Gasteiger partial charge in [-0.1, -0.05) is 6.07 Å². The van der Waals surface area contributed by atoms with Gasteiger partial charge >= 0.3 is 11.8 Å².